The summed E-state index contributed by atoms with van der Waals surface area (Å²) >= 11 is 3.19. The maximum atomic E-state index is 10.9. The predicted molar refractivity (Wildman–Crippen MR) is 79.0 cm³/mol. The Morgan fingerprint density at radius 3 is 2.95 bits per heavy atom. The number of hydrogen-bond acceptors (Lipinski definition) is 6. The molecule has 0 atom stereocenters. The molecule has 0 aliphatic carbocycles. The van der Waals surface area contributed by atoms with Crippen LogP contribution in [0.2, 0.25) is 0 Å². The molecule has 1 saturated heterocycles. The number of pyridine rings is 1. The molecule has 1 aliphatic rings. The maximum absolute atomic E-state index is 10.9. The first kappa shape index (κ1) is 15.1. The minimum absolute atomic E-state index is 0.00857. The van der Waals surface area contributed by atoms with Crippen LogP contribution in [-0.4, -0.2) is 54.2 Å². The zero-order valence-corrected chi connectivity index (χ0v) is 12.6. The van der Waals surface area contributed by atoms with Crippen molar-refractivity contribution in [2.24, 2.45) is 0 Å². The maximum Gasteiger partial charge on any atom is 0.312 e. The molecule has 0 unspecified atom stereocenters. The van der Waals surface area contributed by atoms with Gasteiger partial charge in [0.05, 0.1) is 18.1 Å². The number of hydrogen-bond donors (Lipinski definition) is 1. The molecule has 2 rings (SSSR count). The average Bonchev–Trinajstić information content (AvgIpc) is 2.45. The summed E-state index contributed by atoms with van der Waals surface area (Å²) in [5, 5.41) is 14.0. The van der Waals surface area contributed by atoms with Crippen molar-refractivity contribution in [1.82, 2.24) is 9.88 Å². The van der Waals surface area contributed by atoms with E-state index in [1.54, 1.807) is 6.20 Å². The third-order valence-corrected chi connectivity index (χ3v) is 3.51. The van der Waals surface area contributed by atoms with E-state index in [-0.39, 0.29) is 5.69 Å². The first-order chi connectivity index (χ1) is 9.66. The fourth-order valence-electron chi connectivity index (χ4n) is 2.04. The monoisotopic (exact) mass is 344 g/mol. The van der Waals surface area contributed by atoms with E-state index < -0.39 is 4.92 Å². The van der Waals surface area contributed by atoms with E-state index >= 15 is 0 Å². The van der Waals surface area contributed by atoms with Crippen molar-refractivity contribution in [2.75, 3.05) is 44.7 Å². The molecule has 0 bridgehead atoms. The number of rotatable bonds is 6. The van der Waals surface area contributed by atoms with E-state index in [0.717, 1.165) is 39.3 Å². The van der Waals surface area contributed by atoms with Crippen LogP contribution in [0.4, 0.5) is 11.5 Å². The predicted octanol–water partition coefficient (Wildman–Crippen LogP) is 1.89. The molecule has 0 radical (unpaired) electrons. The van der Waals surface area contributed by atoms with E-state index in [0.29, 0.717) is 16.8 Å². The molecule has 2 heterocycles. The van der Waals surface area contributed by atoms with Crippen LogP contribution in [0, 0.1) is 10.1 Å². The summed E-state index contributed by atoms with van der Waals surface area (Å²) in [5.74, 6) is 0.320. The average molecular weight is 345 g/mol. The van der Waals surface area contributed by atoms with Crippen LogP contribution in [0.5, 0.6) is 0 Å². The van der Waals surface area contributed by atoms with Gasteiger partial charge in [0, 0.05) is 36.4 Å². The van der Waals surface area contributed by atoms with Gasteiger partial charge in [-0.1, -0.05) is 0 Å². The number of anilines is 1. The van der Waals surface area contributed by atoms with Crippen LogP contribution < -0.4 is 5.32 Å². The molecule has 0 aromatic carbocycles. The second-order valence-electron chi connectivity index (χ2n) is 4.51. The van der Waals surface area contributed by atoms with Crippen LogP contribution in [-0.2, 0) is 4.74 Å². The van der Waals surface area contributed by atoms with Gasteiger partial charge in [-0.05, 0) is 28.9 Å². The van der Waals surface area contributed by atoms with Crippen LogP contribution in [0.15, 0.2) is 16.7 Å². The Kier molecular flexibility index (Phi) is 5.69. The van der Waals surface area contributed by atoms with Crippen molar-refractivity contribution < 1.29 is 9.66 Å². The van der Waals surface area contributed by atoms with Crippen LogP contribution in [0.25, 0.3) is 0 Å². The number of nitrogens with zero attached hydrogens (tertiary/aromatic N) is 3. The SMILES string of the molecule is O=[N+]([O-])c1cc(Br)cnc1NCCCN1CCOCC1. The van der Waals surface area contributed by atoms with E-state index in [4.69, 9.17) is 4.74 Å². The lowest BCUT2D eigenvalue weighted by molar-refractivity contribution is -0.384. The number of nitrogens with one attached hydrogen (secondary N) is 1. The molecule has 1 aliphatic heterocycles. The zero-order valence-electron chi connectivity index (χ0n) is 11.0. The minimum atomic E-state index is -0.429. The van der Waals surface area contributed by atoms with Crippen LogP contribution in [0.1, 0.15) is 6.42 Å². The molecule has 7 nitrogen and oxygen atoms in total. The Balaban J connectivity index is 1.80. The van der Waals surface area contributed by atoms with E-state index in [2.05, 4.69) is 31.1 Å². The third-order valence-electron chi connectivity index (χ3n) is 3.08. The lowest BCUT2D eigenvalue weighted by Crippen LogP contribution is -2.37. The lowest BCUT2D eigenvalue weighted by atomic mass is 10.3. The normalized spacial score (nSPS) is 16.1. The van der Waals surface area contributed by atoms with Crippen molar-refractivity contribution in [3.05, 3.63) is 26.9 Å². The number of halogens is 1. The fraction of sp³-hybridized carbons (Fsp3) is 0.583. The first-order valence-electron chi connectivity index (χ1n) is 6.51. The Labute approximate surface area is 125 Å². The molecule has 0 saturated carbocycles. The van der Waals surface area contributed by atoms with E-state index in [1.165, 1.54) is 6.07 Å². The van der Waals surface area contributed by atoms with Gasteiger partial charge >= 0.3 is 5.69 Å². The van der Waals surface area contributed by atoms with E-state index in [9.17, 15) is 10.1 Å². The molecule has 110 valence electrons. The standard InChI is InChI=1S/C12H17BrN4O3/c13-10-8-11(17(18)19)12(15-9-10)14-2-1-3-16-4-6-20-7-5-16/h8-9H,1-7H2,(H,14,15). The van der Waals surface area contributed by atoms with Gasteiger partial charge in [0.15, 0.2) is 0 Å². The Hall–Kier alpha value is -1.25. The quantitative estimate of drug-likeness (QED) is 0.482. The molecule has 0 amide bonds. The van der Waals surface area contributed by atoms with Gasteiger partial charge in [0.2, 0.25) is 5.82 Å². The smallest absolute Gasteiger partial charge is 0.312 e. The molecular formula is C12H17BrN4O3. The van der Waals surface area contributed by atoms with E-state index in [1.807, 2.05) is 0 Å². The molecule has 1 N–H and O–H groups in total. The first-order valence-corrected chi connectivity index (χ1v) is 7.30. The molecular weight excluding hydrogens is 328 g/mol. The van der Waals surface area contributed by atoms with Gasteiger partial charge in [-0.2, -0.15) is 0 Å². The Morgan fingerprint density at radius 1 is 1.50 bits per heavy atom. The third kappa shape index (κ3) is 4.39. The highest BCUT2D eigenvalue weighted by Gasteiger charge is 2.15. The second kappa shape index (κ2) is 7.51. The summed E-state index contributed by atoms with van der Waals surface area (Å²) in [6.07, 6.45) is 2.46. The summed E-state index contributed by atoms with van der Waals surface area (Å²) in [5.41, 5.74) is -0.00857. The fourth-order valence-corrected chi connectivity index (χ4v) is 2.36. The van der Waals surface area contributed by atoms with Gasteiger partial charge in [-0.15, -0.1) is 0 Å². The van der Waals surface area contributed by atoms with Gasteiger partial charge in [-0.3, -0.25) is 15.0 Å². The Morgan fingerprint density at radius 2 is 2.25 bits per heavy atom. The van der Waals surface area contributed by atoms with Crippen LogP contribution in [0.3, 0.4) is 0 Å². The van der Waals surface area contributed by atoms with Crippen molar-refractivity contribution in [3.8, 4) is 0 Å². The second-order valence-corrected chi connectivity index (χ2v) is 5.43. The summed E-state index contributed by atoms with van der Waals surface area (Å²) < 4.78 is 5.88. The number of nitro groups is 1. The number of aromatic nitrogens is 1. The molecule has 8 heteroatoms. The van der Waals surface area contributed by atoms with Crippen molar-refractivity contribution in [2.45, 2.75) is 6.42 Å². The molecule has 1 aromatic rings. The highest BCUT2D eigenvalue weighted by Crippen LogP contribution is 2.25. The van der Waals surface area contributed by atoms with Crippen molar-refractivity contribution in [3.63, 3.8) is 0 Å². The summed E-state index contributed by atoms with van der Waals surface area (Å²) in [4.78, 5) is 16.9. The van der Waals surface area contributed by atoms with Crippen molar-refractivity contribution >= 4 is 27.4 Å². The molecule has 20 heavy (non-hydrogen) atoms. The topological polar surface area (TPSA) is 80.5 Å². The molecule has 1 aromatic heterocycles. The Bertz CT molecular complexity index is 466. The molecule has 0 spiro atoms. The van der Waals surface area contributed by atoms with Gasteiger partial charge in [0.25, 0.3) is 0 Å². The largest absolute Gasteiger partial charge is 0.379 e. The van der Waals surface area contributed by atoms with Gasteiger partial charge in [0.1, 0.15) is 0 Å². The van der Waals surface area contributed by atoms with Crippen molar-refractivity contribution in [1.29, 1.82) is 0 Å². The van der Waals surface area contributed by atoms with Gasteiger partial charge < -0.3 is 10.1 Å². The zero-order chi connectivity index (χ0) is 14.4. The highest BCUT2D eigenvalue weighted by molar-refractivity contribution is 9.10. The van der Waals surface area contributed by atoms with Gasteiger partial charge in [-0.25, -0.2) is 4.98 Å². The highest BCUT2D eigenvalue weighted by atomic mass is 79.9. The molecule has 1 fully saturated rings. The number of ether oxygens (including phenoxy) is 1. The minimum Gasteiger partial charge on any atom is -0.379 e. The van der Waals surface area contributed by atoms with Crippen LogP contribution >= 0.6 is 15.9 Å². The number of morpholine rings is 1. The lowest BCUT2D eigenvalue weighted by Gasteiger charge is -2.26. The summed E-state index contributed by atoms with van der Waals surface area (Å²) in [7, 11) is 0. The summed E-state index contributed by atoms with van der Waals surface area (Å²) in [6.45, 7) is 5.10. The summed E-state index contributed by atoms with van der Waals surface area (Å²) in [6, 6.07) is 1.46.